The number of hydrogen-bond acceptors (Lipinski definition) is 5. The van der Waals surface area contributed by atoms with Crippen LogP contribution in [0.2, 0.25) is 0 Å². The van der Waals surface area contributed by atoms with Gasteiger partial charge in [0.1, 0.15) is 17.4 Å². The van der Waals surface area contributed by atoms with Crippen LogP contribution in [0.4, 0.5) is 10.1 Å². The van der Waals surface area contributed by atoms with Gasteiger partial charge in [-0.1, -0.05) is 6.07 Å². The highest BCUT2D eigenvalue weighted by atomic mass is 19.1. The van der Waals surface area contributed by atoms with Crippen molar-refractivity contribution in [1.82, 2.24) is 15.0 Å². The zero-order valence-corrected chi connectivity index (χ0v) is 15.4. The summed E-state index contributed by atoms with van der Waals surface area (Å²) in [5.41, 5.74) is 1.70. The van der Waals surface area contributed by atoms with E-state index in [0.29, 0.717) is 30.4 Å². The number of carbonyl (C=O) groups excluding carboxylic acids is 1. The molecular formula is C21H19FN4O2. The molecule has 3 aromatic rings. The summed E-state index contributed by atoms with van der Waals surface area (Å²) in [6.07, 6.45) is 6.48. The van der Waals surface area contributed by atoms with Crippen LogP contribution in [0.3, 0.4) is 0 Å². The fourth-order valence-corrected chi connectivity index (χ4v) is 3.21. The molecule has 0 radical (unpaired) electrons. The number of amides is 1. The number of benzene rings is 1. The third-order valence-corrected chi connectivity index (χ3v) is 4.71. The molecule has 1 aromatic carbocycles. The van der Waals surface area contributed by atoms with E-state index in [9.17, 15) is 9.18 Å². The summed E-state index contributed by atoms with van der Waals surface area (Å²) in [5.74, 6) is 1.30. The van der Waals surface area contributed by atoms with Crippen molar-refractivity contribution < 1.29 is 13.9 Å². The Hall–Kier alpha value is -3.35. The molecule has 1 amide bonds. The van der Waals surface area contributed by atoms with E-state index in [1.165, 1.54) is 12.1 Å². The number of aromatic nitrogens is 3. The molecule has 0 spiro atoms. The second-order valence-corrected chi connectivity index (χ2v) is 6.73. The van der Waals surface area contributed by atoms with Crippen LogP contribution in [0, 0.1) is 18.7 Å². The molecular weight excluding hydrogens is 359 g/mol. The van der Waals surface area contributed by atoms with Gasteiger partial charge in [0.25, 0.3) is 0 Å². The number of carbonyl (C=O) groups is 1. The number of ether oxygens (including phenoxy) is 1. The molecule has 0 aliphatic carbocycles. The predicted molar refractivity (Wildman–Crippen MR) is 102 cm³/mol. The van der Waals surface area contributed by atoms with Crippen molar-refractivity contribution in [2.75, 3.05) is 11.4 Å². The number of hydrogen-bond donors (Lipinski definition) is 0. The topological polar surface area (TPSA) is 68.2 Å². The maximum Gasteiger partial charge on any atom is 0.230 e. The Morgan fingerprint density at radius 1 is 1.07 bits per heavy atom. The van der Waals surface area contributed by atoms with Crippen LogP contribution in [-0.4, -0.2) is 27.4 Å². The lowest BCUT2D eigenvalue weighted by atomic mass is 9.99. The van der Waals surface area contributed by atoms with E-state index in [2.05, 4.69) is 15.0 Å². The van der Waals surface area contributed by atoms with E-state index in [-0.39, 0.29) is 17.6 Å². The standard InChI is InChI=1S/C21H19FN4O2/c1-14-23-12-18(13-24-14)26-9-8-16(21(26)27)10-15-2-7-20(25-11-15)28-19-5-3-17(22)4-6-19/h2-7,11-13,16H,8-10H2,1H3/t16-/m0/s1. The van der Waals surface area contributed by atoms with Gasteiger partial charge in [-0.25, -0.2) is 19.3 Å². The molecule has 142 valence electrons. The van der Waals surface area contributed by atoms with Crippen LogP contribution >= 0.6 is 0 Å². The van der Waals surface area contributed by atoms with Gasteiger partial charge in [0, 0.05) is 24.7 Å². The van der Waals surface area contributed by atoms with Gasteiger partial charge in [-0.15, -0.1) is 0 Å². The summed E-state index contributed by atoms with van der Waals surface area (Å²) in [6, 6.07) is 9.41. The minimum absolute atomic E-state index is 0.0825. The van der Waals surface area contributed by atoms with Crippen molar-refractivity contribution in [3.63, 3.8) is 0 Å². The first kappa shape index (κ1) is 18.0. The van der Waals surface area contributed by atoms with E-state index in [1.54, 1.807) is 41.7 Å². The molecule has 1 saturated heterocycles. The fourth-order valence-electron chi connectivity index (χ4n) is 3.21. The van der Waals surface area contributed by atoms with E-state index < -0.39 is 0 Å². The molecule has 0 bridgehead atoms. The van der Waals surface area contributed by atoms with Gasteiger partial charge in [0.05, 0.1) is 18.1 Å². The zero-order valence-electron chi connectivity index (χ0n) is 15.4. The summed E-state index contributed by atoms with van der Waals surface area (Å²) in [7, 11) is 0. The number of pyridine rings is 1. The van der Waals surface area contributed by atoms with Crippen LogP contribution < -0.4 is 9.64 Å². The van der Waals surface area contributed by atoms with Crippen molar-refractivity contribution in [2.45, 2.75) is 19.8 Å². The highest BCUT2D eigenvalue weighted by molar-refractivity contribution is 5.97. The Morgan fingerprint density at radius 2 is 1.82 bits per heavy atom. The third-order valence-electron chi connectivity index (χ3n) is 4.71. The molecule has 1 atom stereocenters. The molecule has 3 heterocycles. The summed E-state index contributed by atoms with van der Waals surface area (Å²) in [5, 5.41) is 0. The SMILES string of the molecule is Cc1ncc(N2CC[C@@H](Cc3ccc(Oc4ccc(F)cc4)nc3)C2=O)cn1. The minimum atomic E-state index is -0.317. The summed E-state index contributed by atoms with van der Waals surface area (Å²) >= 11 is 0. The Labute approximate surface area is 162 Å². The highest BCUT2D eigenvalue weighted by Crippen LogP contribution is 2.27. The fraction of sp³-hybridized carbons (Fsp3) is 0.238. The monoisotopic (exact) mass is 378 g/mol. The molecule has 4 rings (SSSR count). The van der Waals surface area contributed by atoms with Gasteiger partial charge >= 0.3 is 0 Å². The quantitative estimate of drug-likeness (QED) is 0.677. The molecule has 1 aliphatic heterocycles. The average molecular weight is 378 g/mol. The summed E-state index contributed by atoms with van der Waals surface area (Å²) in [4.78, 5) is 27.1. The molecule has 1 fully saturated rings. The van der Waals surface area contributed by atoms with Gasteiger partial charge in [-0.3, -0.25) is 4.79 Å². The van der Waals surface area contributed by atoms with Crippen LogP contribution in [0.25, 0.3) is 0 Å². The number of nitrogens with zero attached hydrogens (tertiary/aromatic N) is 4. The minimum Gasteiger partial charge on any atom is -0.439 e. The molecule has 7 heteroatoms. The largest absolute Gasteiger partial charge is 0.439 e. The lowest BCUT2D eigenvalue weighted by Crippen LogP contribution is -2.28. The molecule has 0 N–H and O–H groups in total. The van der Waals surface area contributed by atoms with E-state index >= 15 is 0 Å². The van der Waals surface area contributed by atoms with Crippen LogP contribution in [0.5, 0.6) is 11.6 Å². The molecule has 1 aliphatic rings. The van der Waals surface area contributed by atoms with Gasteiger partial charge in [0.2, 0.25) is 11.8 Å². The first-order chi connectivity index (χ1) is 13.6. The maximum absolute atomic E-state index is 12.9. The van der Waals surface area contributed by atoms with Crippen LogP contribution in [-0.2, 0) is 11.2 Å². The van der Waals surface area contributed by atoms with Gasteiger partial charge in [-0.05, 0) is 49.6 Å². The summed E-state index contributed by atoms with van der Waals surface area (Å²) < 4.78 is 18.5. The van der Waals surface area contributed by atoms with Crippen molar-refractivity contribution in [2.24, 2.45) is 5.92 Å². The second-order valence-electron chi connectivity index (χ2n) is 6.73. The molecule has 0 saturated carbocycles. The van der Waals surface area contributed by atoms with Crippen molar-refractivity contribution >= 4 is 11.6 Å². The van der Waals surface area contributed by atoms with E-state index in [1.807, 2.05) is 13.0 Å². The normalized spacial score (nSPS) is 16.4. The Balaban J connectivity index is 1.38. The van der Waals surface area contributed by atoms with Crippen molar-refractivity contribution in [1.29, 1.82) is 0 Å². The first-order valence-corrected chi connectivity index (χ1v) is 9.07. The average Bonchev–Trinajstić information content (AvgIpc) is 3.06. The molecule has 28 heavy (non-hydrogen) atoms. The zero-order chi connectivity index (χ0) is 19.5. The van der Waals surface area contributed by atoms with Gasteiger partial charge < -0.3 is 9.64 Å². The predicted octanol–water partition coefficient (Wildman–Crippen LogP) is 3.71. The Bertz CT molecular complexity index is 959. The van der Waals surface area contributed by atoms with Crippen LogP contribution in [0.15, 0.2) is 55.0 Å². The molecule has 2 aromatic heterocycles. The van der Waals surface area contributed by atoms with Gasteiger partial charge in [-0.2, -0.15) is 0 Å². The Morgan fingerprint density at radius 3 is 2.50 bits per heavy atom. The van der Waals surface area contributed by atoms with E-state index in [4.69, 9.17) is 4.74 Å². The molecule has 0 unspecified atom stereocenters. The van der Waals surface area contributed by atoms with E-state index in [0.717, 1.165) is 17.7 Å². The second kappa shape index (κ2) is 7.72. The van der Waals surface area contributed by atoms with Crippen molar-refractivity contribution in [3.05, 3.63) is 72.2 Å². The summed E-state index contributed by atoms with van der Waals surface area (Å²) in [6.45, 7) is 2.48. The first-order valence-electron chi connectivity index (χ1n) is 9.07. The van der Waals surface area contributed by atoms with Gasteiger partial charge in [0.15, 0.2) is 0 Å². The number of aryl methyl sites for hydroxylation is 1. The number of rotatable bonds is 5. The van der Waals surface area contributed by atoms with Crippen LogP contribution in [0.1, 0.15) is 17.8 Å². The molecule has 6 nitrogen and oxygen atoms in total. The Kier molecular flexibility index (Phi) is 4.97. The maximum atomic E-state index is 12.9. The number of anilines is 1. The highest BCUT2D eigenvalue weighted by Gasteiger charge is 2.32. The number of halogens is 1. The smallest absolute Gasteiger partial charge is 0.230 e. The third kappa shape index (κ3) is 3.98. The van der Waals surface area contributed by atoms with Crippen molar-refractivity contribution in [3.8, 4) is 11.6 Å². The lowest BCUT2D eigenvalue weighted by Gasteiger charge is -2.16. The lowest BCUT2D eigenvalue weighted by molar-refractivity contribution is -0.120.